The Morgan fingerprint density at radius 1 is 1.89 bits per heavy atom. The molecule has 0 radical (unpaired) electrons. The van der Waals surface area contributed by atoms with Crippen LogP contribution in [0, 0.1) is 11.5 Å². The molecule has 0 unspecified atom stereocenters. The van der Waals surface area contributed by atoms with Crippen molar-refractivity contribution in [1.29, 1.82) is 5.26 Å². The van der Waals surface area contributed by atoms with Crippen LogP contribution in [0.2, 0.25) is 0 Å². The molecule has 0 bridgehead atoms. The Balaban J connectivity index is 3.17. The molecule has 3 nitrogen and oxygen atoms in total. The van der Waals surface area contributed by atoms with Gasteiger partial charge in [0.1, 0.15) is 0 Å². The van der Waals surface area contributed by atoms with Crippen molar-refractivity contribution in [3.8, 4) is 6.26 Å². The molecule has 0 saturated heterocycles. The first-order chi connectivity index (χ1) is 4.31. The second-order valence-corrected chi connectivity index (χ2v) is 1.11. The van der Waals surface area contributed by atoms with Gasteiger partial charge in [-0.1, -0.05) is 6.08 Å². The van der Waals surface area contributed by atoms with E-state index in [1.807, 2.05) is 0 Å². The molecule has 0 aliphatic carbocycles. The van der Waals surface area contributed by atoms with E-state index < -0.39 is 7.40 Å². The van der Waals surface area contributed by atoms with Crippen LogP contribution < -0.4 is 0 Å². The Kier molecular flexibility index (Phi) is 4.55. The molecule has 0 N–H and O–H groups in total. The van der Waals surface area contributed by atoms with Crippen LogP contribution in [0.1, 0.15) is 0 Å². The van der Waals surface area contributed by atoms with E-state index in [1.54, 1.807) is 0 Å². The minimum Gasteiger partial charge on any atom is -0.439 e. The fourth-order valence-electron chi connectivity index (χ4n) is 0.219. The van der Waals surface area contributed by atoms with Gasteiger partial charge in [-0.15, -0.1) is 6.58 Å². The van der Waals surface area contributed by atoms with Gasteiger partial charge in [-0.25, -0.2) is 4.32 Å². The summed E-state index contributed by atoms with van der Waals surface area (Å²) in [6.07, 6.45) is 2.50. The van der Waals surface area contributed by atoms with Gasteiger partial charge in [-0.2, -0.15) is 5.26 Å². The van der Waals surface area contributed by atoms with Crippen LogP contribution >= 0.6 is 0 Å². The Bertz CT molecular complexity index is 124. The predicted octanol–water partition coefficient (Wildman–Crippen LogP) is 0.641. The van der Waals surface area contributed by atoms with E-state index in [1.165, 1.54) is 6.08 Å². The van der Waals surface area contributed by atoms with E-state index in [0.29, 0.717) is 0 Å². The van der Waals surface area contributed by atoms with Gasteiger partial charge in [0.25, 0.3) is 6.26 Å². The van der Waals surface area contributed by atoms with E-state index in [0.717, 1.165) is 6.26 Å². The van der Waals surface area contributed by atoms with Gasteiger partial charge in [0, 0.05) is 0 Å². The number of hydrogen-bond donors (Lipinski definition) is 0. The molecule has 0 spiro atoms. The maximum atomic E-state index is 11.9. The van der Waals surface area contributed by atoms with Gasteiger partial charge in [-0.3, -0.25) is 0 Å². The summed E-state index contributed by atoms with van der Waals surface area (Å²) in [5, 5.41) is 7.72. The second-order valence-electron chi connectivity index (χ2n) is 1.11. The molecule has 0 atom stereocenters. The van der Waals surface area contributed by atoms with E-state index in [2.05, 4.69) is 15.9 Å². The molecule has 0 aliphatic heterocycles. The van der Waals surface area contributed by atoms with Gasteiger partial charge < -0.3 is 9.31 Å². The van der Waals surface area contributed by atoms with Crippen molar-refractivity contribution < 1.29 is 13.6 Å². The average molecular weight is 129 g/mol. The van der Waals surface area contributed by atoms with E-state index in [-0.39, 0.29) is 6.61 Å². The third-order valence-electron chi connectivity index (χ3n) is 0.490. The number of nitriles is 1. The van der Waals surface area contributed by atoms with Crippen LogP contribution in [0.25, 0.3) is 0 Å². The van der Waals surface area contributed by atoms with Crippen molar-refractivity contribution in [3.63, 3.8) is 0 Å². The Hall–Kier alpha value is -1.02. The van der Waals surface area contributed by atoms with Crippen molar-refractivity contribution >= 4 is 7.40 Å². The lowest BCUT2D eigenvalue weighted by Gasteiger charge is -1.95. The zero-order valence-corrected chi connectivity index (χ0v) is 4.71. The van der Waals surface area contributed by atoms with Gasteiger partial charge >= 0.3 is 7.40 Å². The van der Waals surface area contributed by atoms with Crippen LogP contribution in [-0.4, -0.2) is 14.0 Å². The number of nitrogens with zero attached hydrogens (tertiary/aromatic N) is 1. The number of halogens is 1. The molecule has 0 aromatic heterocycles. The molecule has 0 aromatic carbocycles. The lowest BCUT2D eigenvalue weighted by atomic mass is 10.3. The summed E-state index contributed by atoms with van der Waals surface area (Å²) in [6.45, 7) is 3.29. The van der Waals surface area contributed by atoms with Crippen LogP contribution in [0.15, 0.2) is 12.7 Å². The summed E-state index contributed by atoms with van der Waals surface area (Å²) in [6, 6.07) is 0. The molecular weight excluding hydrogens is 124 g/mol. The summed E-state index contributed by atoms with van der Waals surface area (Å²) in [4.78, 5) is 0. The zero-order chi connectivity index (χ0) is 7.11. The van der Waals surface area contributed by atoms with Gasteiger partial charge in [0.15, 0.2) is 0 Å². The molecule has 0 rings (SSSR count). The summed E-state index contributed by atoms with van der Waals surface area (Å²) >= 11 is 0. The topological polar surface area (TPSA) is 42.2 Å². The van der Waals surface area contributed by atoms with Gasteiger partial charge in [0.2, 0.25) is 0 Å². The number of rotatable bonds is 4. The smallest absolute Gasteiger partial charge is 0.439 e. The third kappa shape index (κ3) is 4.85. The summed E-state index contributed by atoms with van der Waals surface area (Å²) in [5.41, 5.74) is 0. The molecule has 0 aromatic rings. The fraction of sp³-hybridized carbons (Fsp3) is 0.250. The first-order valence-corrected chi connectivity index (χ1v) is 2.22. The zero-order valence-electron chi connectivity index (χ0n) is 4.71. The monoisotopic (exact) mass is 129 g/mol. The lowest BCUT2D eigenvalue weighted by molar-refractivity contribution is 0.240. The van der Waals surface area contributed by atoms with Crippen molar-refractivity contribution in [3.05, 3.63) is 12.7 Å². The largest absolute Gasteiger partial charge is 0.765 e. The highest BCUT2D eigenvalue weighted by Gasteiger charge is 2.18. The molecule has 5 heteroatoms. The van der Waals surface area contributed by atoms with E-state index in [4.69, 9.17) is 5.26 Å². The van der Waals surface area contributed by atoms with Crippen LogP contribution in [0.4, 0.5) is 4.32 Å². The molecule has 9 heavy (non-hydrogen) atoms. The Morgan fingerprint density at radius 3 is 3.00 bits per heavy atom. The summed E-state index contributed by atoms with van der Waals surface area (Å²) < 4.78 is 19.8. The van der Waals surface area contributed by atoms with Crippen molar-refractivity contribution in [1.82, 2.24) is 0 Å². The van der Waals surface area contributed by atoms with Gasteiger partial charge in [0.05, 0.1) is 6.61 Å². The molecule has 48 valence electrons. The quantitative estimate of drug-likeness (QED) is 0.317. The highest BCUT2D eigenvalue weighted by Crippen LogP contribution is 1.88. The van der Waals surface area contributed by atoms with Crippen molar-refractivity contribution in [2.75, 3.05) is 6.61 Å². The van der Waals surface area contributed by atoms with Crippen molar-refractivity contribution in [2.24, 2.45) is 0 Å². The SMILES string of the molecule is C=CCOB(F)OC#N. The first-order valence-electron chi connectivity index (χ1n) is 2.22. The molecule has 0 aliphatic rings. The second kappa shape index (κ2) is 5.13. The molecule has 0 amide bonds. The predicted molar refractivity (Wildman–Crippen MR) is 29.7 cm³/mol. The molecule has 0 saturated carbocycles. The van der Waals surface area contributed by atoms with E-state index in [9.17, 15) is 4.32 Å². The highest BCUT2D eigenvalue weighted by molar-refractivity contribution is 6.35. The molecule has 0 heterocycles. The maximum absolute atomic E-state index is 11.9. The fourth-order valence-corrected chi connectivity index (χ4v) is 0.219. The first kappa shape index (κ1) is 7.98. The molecular formula is C4H5BFNO2. The van der Waals surface area contributed by atoms with Crippen LogP contribution in [0.5, 0.6) is 0 Å². The van der Waals surface area contributed by atoms with E-state index >= 15 is 0 Å². The Labute approximate surface area is 52.9 Å². The number of hydrogen-bond acceptors (Lipinski definition) is 3. The van der Waals surface area contributed by atoms with Crippen molar-refractivity contribution in [2.45, 2.75) is 0 Å². The standard InChI is InChI=1S/C4H5BFNO2/c1-2-3-8-5(6)9-4-7/h2H,1,3H2. The average Bonchev–Trinajstić information content (AvgIpc) is 1.85. The minimum absolute atomic E-state index is 0.0306. The lowest BCUT2D eigenvalue weighted by Crippen LogP contribution is -2.14. The molecule has 0 fully saturated rings. The van der Waals surface area contributed by atoms with Gasteiger partial charge in [-0.05, 0) is 0 Å². The normalized spacial score (nSPS) is 7.56. The highest BCUT2D eigenvalue weighted by atomic mass is 19.1. The Morgan fingerprint density at radius 2 is 2.56 bits per heavy atom. The van der Waals surface area contributed by atoms with Crippen LogP contribution in [0.3, 0.4) is 0 Å². The third-order valence-corrected chi connectivity index (χ3v) is 0.490. The summed E-state index contributed by atoms with van der Waals surface area (Å²) in [5.74, 6) is 0. The minimum atomic E-state index is -1.96. The maximum Gasteiger partial charge on any atom is 0.765 e. The van der Waals surface area contributed by atoms with Crippen LogP contribution in [-0.2, 0) is 9.31 Å². The summed E-state index contributed by atoms with van der Waals surface area (Å²) in [7, 11) is -1.96.